The van der Waals surface area contributed by atoms with Gasteiger partial charge in [0.25, 0.3) is 0 Å². The second kappa shape index (κ2) is 10.2. The van der Waals surface area contributed by atoms with E-state index in [-0.39, 0.29) is 0 Å². The third-order valence-electron chi connectivity index (χ3n) is 4.46. The molecule has 3 rings (SSSR count). The van der Waals surface area contributed by atoms with Crippen LogP contribution in [0.3, 0.4) is 0 Å². The molecule has 0 atom stereocenters. The number of hydrogen-bond acceptors (Lipinski definition) is 2. The minimum atomic E-state index is 0.732. The molecule has 1 heterocycles. The predicted octanol–water partition coefficient (Wildman–Crippen LogP) is 3.23. The van der Waals surface area contributed by atoms with Crippen molar-refractivity contribution in [2.45, 2.75) is 25.9 Å². The molecular weight excluding hydrogens is 334 g/mol. The van der Waals surface area contributed by atoms with E-state index in [4.69, 9.17) is 0 Å². The van der Waals surface area contributed by atoms with Crippen molar-refractivity contribution >= 4 is 5.96 Å². The zero-order valence-corrected chi connectivity index (χ0v) is 15.8. The zero-order chi connectivity index (χ0) is 18.7. The van der Waals surface area contributed by atoms with Crippen LogP contribution < -0.4 is 10.6 Å². The fourth-order valence-corrected chi connectivity index (χ4v) is 3.00. The second-order valence-corrected chi connectivity index (χ2v) is 6.41. The summed E-state index contributed by atoms with van der Waals surface area (Å²) in [5.74, 6) is 0.831. The van der Waals surface area contributed by atoms with E-state index in [1.165, 1.54) is 16.7 Å². The number of guanidine groups is 1. The Hall–Kier alpha value is -3.08. The minimum Gasteiger partial charge on any atom is -0.356 e. The summed E-state index contributed by atoms with van der Waals surface area (Å²) in [7, 11) is 1.81. The van der Waals surface area contributed by atoms with Crippen molar-refractivity contribution in [3.8, 4) is 0 Å². The van der Waals surface area contributed by atoms with Crippen LogP contribution in [-0.2, 0) is 19.5 Å². The Morgan fingerprint density at radius 3 is 2.48 bits per heavy atom. The van der Waals surface area contributed by atoms with Gasteiger partial charge in [-0.15, -0.1) is 0 Å². The lowest BCUT2D eigenvalue weighted by molar-refractivity contribution is 0.677. The molecule has 0 bridgehead atoms. The second-order valence-electron chi connectivity index (χ2n) is 6.41. The molecule has 0 aliphatic rings. The normalized spacial score (nSPS) is 11.4. The first-order valence-corrected chi connectivity index (χ1v) is 9.38. The lowest BCUT2D eigenvalue weighted by Crippen LogP contribution is -2.37. The molecule has 0 spiro atoms. The number of rotatable bonds is 8. The molecule has 0 saturated heterocycles. The molecule has 1 aromatic heterocycles. The van der Waals surface area contributed by atoms with E-state index in [1.54, 1.807) is 0 Å². The van der Waals surface area contributed by atoms with Crippen LogP contribution in [0, 0.1) is 0 Å². The highest BCUT2D eigenvalue weighted by Crippen LogP contribution is 2.10. The first-order valence-electron chi connectivity index (χ1n) is 9.38. The van der Waals surface area contributed by atoms with Gasteiger partial charge in [0.05, 0.1) is 6.54 Å². The van der Waals surface area contributed by atoms with E-state index in [0.29, 0.717) is 0 Å². The quantitative estimate of drug-likeness (QED) is 0.368. The first-order chi connectivity index (χ1) is 13.3. The third kappa shape index (κ3) is 5.99. The lowest BCUT2D eigenvalue weighted by atomic mass is 10.1. The van der Waals surface area contributed by atoms with Crippen molar-refractivity contribution in [3.05, 3.63) is 89.7 Å². The van der Waals surface area contributed by atoms with Gasteiger partial charge in [-0.2, -0.15) is 5.10 Å². The maximum absolute atomic E-state index is 4.33. The Labute approximate surface area is 161 Å². The van der Waals surface area contributed by atoms with Gasteiger partial charge in [0.2, 0.25) is 0 Å². The molecule has 0 aliphatic carbocycles. The molecule has 0 unspecified atom stereocenters. The maximum atomic E-state index is 4.33. The molecular formula is C22H27N5. The van der Waals surface area contributed by atoms with Crippen molar-refractivity contribution in [2.24, 2.45) is 4.99 Å². The van der Waals surface area contributed by atoms with Crippen LogP contribution in [0.2, 0.25) is 0 Å². The van der Waals surface area contributed by atoms with Crippen LogP contribution in [0.4, 0.5) is 0 Å². The summed E-state index contributed by atoms with van der Waals surface area (Å²) in [6.07, 6.45) is 5.93. The van der Waals surface area contributed by atoms with Crippen molar-refractivity contribution in [3.63, 3.8) is 0 Å². The number of nitrogens with zero attached hydrogens (tertiary/aromatic N) is 3. The van der Waals surface area contributed by atoms with Crippen LogP contribution in [-0.4, -0.2) is 29.3 Å². The van der Waals surface area contributed by atoms with Gasteiger partial charge in [-0.3, -0.25) is 9.67 Å². The number of hydrogen-bond donors (Lipinski definition) is 2. The van der Waals surface area contributed by atoms with Crippen LogP contribution in [0.5, 0.6) is 0 Å². The molecule has 5 heteroatoms. The van der Waals surface area contributed by atoms with Gasteiger partial charge in [-0.05, 0) is 35.6 Å². The van der Waals surface area contributed by atoms with Gasteiger partial charge >= 0.3 is 0 Å². The van der Waals surface area contributed by atoms with E-state index < -0.39 is 0 Å². The number of benzene rings is 2. The first kappa shape index (κ1) is 18.7. The summed E-state index contributed by atoms with van der Waals surface area (Å²) in [6.45, 7) is 2.40. The van der Waals surface area contributed by atoms with Gasteiger partial charge in [0, 0.05) is 32.5 Å². The molecule has 0 fully saturated rings. The molecule has 3 aromatic rings. The van der Waals surface area contributed by atoms with Crippen molar-refractivity contribution in [2.75, 3.05) is 13.6 Å². The molecule has 2 N–H and O–H groups in total. The van der Waals surface area contributed by atoms with E-state index in [1.807, 2.05) is 30.2 Å². The fraction of sp³-hybridized carbons (Fsp3) is 0.273. The van der Waals surface area contributed by atoms with E-state index >= 15 is 0 Å². The van der Waals surface area contributed by atoms with E-state index in [9.17, 15) is 0 Å². The van der Waals surface area contributed by atoms with Gasteiger partial charge in [0.1, 0.15) is 0 Å². The standard InChI is InChI=1S/C22H27N5/c1-23-22(24-14-7-11-19-9-3-2-4-10-19)25-17-20-12-5-6-13-21(20)18-27-16-8-15-26-27/h2-6,8-10,12-13,15-16H,7,11,14,17-18H2,1H3,(H2,23,24,25). The fourth-order valence-electron chi connectivity index (χ4n) is 3.00. The van der Waals surface area contributed by atoms with Crippen molar-refractivity contribution in [1.29, 1.82) is 0 Å². The average molecular weight is 361 g/mol. The average Bonchev–Trinajstić information content (AvgIpc) is 3.22. The number of nitrogens with one attached hydrogen (secondary N) is 2. The summed E-state index contributed by atoms with van der Waals surface area (Å²) in [4.78, 5) is 4.33. The van der Waals surface area contributed by atoms with E-state index in [2.05, 4.69) is 75.3 Å². The Morgan fingerprint density at radius 1 is 0.963 bits per heavy atom. The van der Waals surface area contributed by atoms with Gasteiger partial charge < -0.3 is 10.6 Å². The van der Waals surface area contributed by atoms with Crippen LogP contribution in [0.15, 0.2) is 78.0 Å². The topological polar surface area (TPSA) is 54.2 Å². The van der Waals surface area contributed by atoms with E-state index in [0.717, 1.165) is 38.4 Å². The van der Waals surface area contributed by atoms with Crippen molar-refractivity contribution < 1.29 is 0 Å². The molecule has 0 saturated carbocycles. The Balaban J connectivity index is 1.46. The van der Waals surface area contributed by atoms with Crippen molar-refractivity contribution in [1.82, 2.24) is 20.4 Å². The summed E-state index contributed by atoms with van der Waals surface area (Å²) in [6, 6.07) is 20.9. The maximum Gasteiger partial charge on any atom is 0.191 e. The molecule has 5 nitrogen and oxygen atoms in total. The van der Waals surface area contributed by atoms with Crippen LogP contribution in [0.1, 0.15) is 23.1 Å². The van der Waals surface area contributed by atoms with Crippen LogP contribution >= 0.6 is 0 Å². The SMILES string of the molecule is CN=C(NCCCc1ccccc1)NCc1ccccc1Cn1cccn1. The van der Waals surface area contributed by atoms with Gasteiger partial charge in [0.15, 0.2) is 5.96 Å². The summed E-state index contributed by atoms with van der Waals surface area (Å²) in [5, 5.41) is 11.1. The highest BCUT2D eigenvalue weighted by atomic mass is 15.3. The number of aliphatic imine (C=N–C) groups is 1. The van der Waals surface area contributed by atoms with Gasteiger partial charge in [-0.25, -0.2) is 0 Å². The smallest absolute Gasteiger partial charge is 0.191 e. The monoisotopic (exact) mass is 361 g/mol. The summed E-state index contributed by atoms with van der Waals surface area (Å²) in [5.41, 5.74) is 3.88. The Kier molecular flexibility index (Phi) is 7.04. The molecule has 0 amide bonds. The highest BCUT2D eigenvalue weighted by molar-refractivity contribution is 5.79. The minimum absolute atomic E-state index is 0.732. The number of aromatic nitrogens is 2. The molecule has 0 aliphatic heterocycles. The molecule has 27 heavy (non-hydrogen) atoms. The summed E-state index contributed by atoms with van der Waals surface area (Å²) >= 11 is 0. The lowest BCUT2D eigenvalue weighted by Gasteiger charge is -2.14. The molecule has 0 radical (unpaired) electrons. The Bertz CT molecular complexity index is 825. The number of aryl methyl sites for hydroxylation is 1. The zero-order valence-electron chi connectivity index (χ0n) is 15.8. The highest BCUT2D eigenvalue weighted by Gasteiger charge is 2.04. The Morgan fingerprint density at radius 2 is 1.74 bits per heavy atom. The van der Waals surface area contributed by atoms with Gasteiger partial charge in [-0.1, -0.05) is 54.6 Å². The molecule has 2 aromatic carbocycles. The molecule has 140 valence electrons. The third-order valence-corrected chi connectivity index (χ3v) is 4.46. The predicted molar refractivity (Wildman–Crippen MR) is 111 cm³/mol. The summed E-state index contributed by atoms with van der Waals surface area (Å²) < 4.78 is 1.94. The van der Waals surface area contributed by atoms with Crippen LogP contribution in [0.25, 0.3) is 0 Å². The largest absolute Gasteiger partial charge is 0.356 e.